The normalized spacial score (nSPS) is 25.2. The maximum atomic E-state index is 12.8. The predicted molar refractivity (Wildman–Crippen MR) is 161 cm³/mol. The van der Waals surface area contributed by atoms with E-state index in [4.69, 9.17) is 27.8 Å². The van der Waals surface area contributed by atoms with E-state index in [0.29, 0.717) is 6.61 Å². The zero-order chi connectivity index (χ0) is 29.6. The van der Waals surface area contributed by atoms with Gasteiger partial charge in [0, 0.05) is 13.2 Å². The molecule has 0 bridgehead atoms. The molecular weight excluding hydrogens is 528 g/mol. The third-order valence-corrected chi connectivity index (χ3v) is 17.2. The Morgan fingerprint density at radius 2 is 1.44 bits per heavy atom. The highest BCUT2D eigenvalue weighted by Gasteiger charge is 2.55. The van der Waals surface area contributed by atoms with Crippen molar-refractivity contribution in [2.75, 3.05) is 13.7 Å². The predicted octanol–water partition coefficient (Wildman–Crippen LogP) is 6.84. The molecule has 2 rings (SSSR count). The number of allylic oxidation sites excluding steroid dienone is 1. The van der Waals surface area contributed by atoms with E-state index < -0.39 is 53.3 Å². The van der Waals surface area contributed by atoms with Crippen molar-refractivity contribution in [3.8, 4) is 0 Å². The zero-order valence-corrected chi connectivity index (χ0v) is 28.2. The number of carbonyl (C=O) groups excluding carboxylic acids is 1. The topological polar surface area (TPSA) is 72.5 Å². The molecule has 0 amide bonds. The molecule has 1 aliphatic heterocycles. The summed E-state index contributed by atoms with van der Waals surface area (Å²) in [6.07, 6.45) is -0.176. The maximum absolute atomic E-state index is 12.8. The van der Waals surface area contributed by atoms with Crippen LogP contribution in [0.3, 0.4) is 0 Å². The van der Waals surface area contributed by atoms with Crippen LogP contribution in [0.15, 0.2) is 42.5 Å². The molecule has 0 saturated carbocycles. The Morgan fingerprint density at radius 3 is 1.92 bits per heavy atom. The lowest BCUT2D eigenvalue weighted by Crippen LogP contribution is -2.66. The number of hydrogen-bond acceptors (Lipinski definition) is 7. The van der Waals surface area contributed by atoms with Crippen molar-refractivity contribution >= 4 is 22.6 Å². The van der Waals surface area contributed by atoms with Crippen LogP contribution >= 0.6 is 0 Å². The fourth-order valence-corrected chi connectivity index (χ4v) is 6.40. The van der Waals surface area contributed by atoms with Gasteiger partial charge in [-0.05, 0) is 48.8 Å². The Hall–Kier alpha value is -1.34. The number of hydrogen-bond donors (Lipinski definition) is 0. The van der Waals surface area contributed by atoms with Crippen LogP contribution in [0.4, 0.5) is 0 Å². The molecule has 1 saturated heterocycles. The van der Waals surface area contributed by atoms with Crippen molar-refractivity contribution in [1.29, 1.82) is 0 Å². The molecule has 0 radical (unpaired) electrons. The highest BCUT2D eigenvalue weighted by molar-refractivity contribution is 6.74. The lowest BCUT2D eigenvalue weighted by molar-refractivity contribution is -0.292. The molecule has 0 unspecified atom stereocenters. The third-order valence-electron chi connectivity index (χ3n) is 8.25. The summed E-state index contributed by atoms with van der Waals surface area (Å²) in [5, 5.41) is -0.133. The highest BCUT2D eigenvalue weighted by atomic mass is 28.4. The molecule has 0 spiro atoms. The number of esters is 1. The number of benzene rings is 1. The van der Waals surface area contributed by atoms with E-state index in [9.17, 15) is 4.79 Å². The summed E-state index contributed by atoms with van der Waals surface area (Å²) < 4.78 is 38.5. The second-order valence-electron chi connectivity index (χ2n) is 13.4. The fourth-order valence-electron chi connectivity index (χ4n) is 3.81. The lowest BCUT2D eigenvalue weighted by atomic mass is 9.99. The molecule has 1 fully saturated rings. The molecule has 39 heavy (non-hydrogen) atoms. The second kappa shape index (κ2) is 13.6. The van der Waals surface area contributed by atoms with E-state index >= 15 is 0 Å². The summed E-state index contributed by atoms with van der Waals surface area (Å²) in [4.78, 5) is 12.8. The van der Waals surface area contributed by atoms with Gasteiger partial charge in [0.25, 0.3) is 0 Å². The summed E-state index contributed by atoms with van der Waals surface area (Å²) in [6, 6.07) is 9.94. The lowest BCUT2D eigenvalue weighted by Gasteiger charge is -2.52. The molecule has 0 aliphatic carbocycles. The summed E-state index contributed by atoms with van der Waals surface area (Å²) in [7, 11) is -3.03. The maximum Gasteiger partial charge on any atom is 0.330 e. The molecule has 5 atom stereocenters. The zero-order valence-electron chi connectivity index (χ0n) is 26.2. The minimum atomic E-state index is -2.35. The van der Waals surface area contributed by atoms with E-state index in [2.05, 4.69) is 67.7 Å². The van der Waals surface area contributed by atoms with Gasteiger partial charge in [-0.15, -0.1) is 0 Å². The van der Waals surface area contributed by atoms with Crippen molar-refractivity contribution in [3.63, 3.8) is 0 Å². The van der Waals surface area contributed by atoms with Crippen molar-refractivity contribution in [2.45, 2.75) is 122 Å². The molecule has 1 heterocycles. The van der Waals surface area contributed by atoms with Gasteiger partial charge in [0.2, 0.25) is 0 Å². The van der Waals surface area contributed by atoms with Crippen molar-refractivity contribution in [1.82, 2.24) is 0 Å². The van der Waals surface area contributed by atoms with Gasteiger partial charge in [-0.25, -0.2) is 4.79 Å². The summed E-state index contributed by atoms with van der Waals surface area (Å²) in [5.41, 5.74) is 1.05. The van der Waals surface area contributed by atoms with Gasteiger partial charge in [0.05, 0.1) is 13.2 Å². The minimum absolute atomic E-state index is 0.0560. The van der Waals surface area contributed by atoms with Crippen molar-refractivity contribution in [3.05, 3.63) is 48.0 Å². The van der Waals surface area contributed by atoms with Crippen LogP contribution in [0.25, 0.3) is 0 Å². The standard InChI is InChI=1S/C30H52O7Si2/c1-13-17-24(31)35-25-23(21-33-20-22-18-15-14-16-19-22)34-28(32-8)27(37-39(11,12)30(5,6)7)26(25)36-38(9,10)29(2,3)4/h13-19,23,25-28H,20-21H2,1-12H3/b17-13+/t23-,25-,26+,27-,28+/m1/s1. The Kier molecular flexibility index (Phi) is 11.8. The van der Waals surface area contributed by atoms with Gasteiger partial charge in [0.1, 0.15) is 18.3 Å². The number of ether oxygens (including phenoxy) is 4. The highest BCUT2D eigenvalue weighted by Crippen LogP contribution is 2.43. The van der Waals surface area contributed by atoms with Gasteiger partial charge in [-0.2, -0.15) is 0 Å². The van der Waals surface area contributed by atoms with Crippen LogP contribution in [0.1, 0.15) is 54.0 Å². The summed E-state index contributed by atoms with van der Waals surface area (Å²) in [6.45, 7) is 24.3. The average molecular weight is 581 g/mol. The van der Waals surface area contributed by atoms with Crippen LogP contribution in [0, 0.1) is 0 Å². The first-order chi connectivity index (χ1) is 17.9. The number of rotatable bonds is 11. The monoisotopic (exact) mass is 580 g/mol. The van der Waals surface area contributed by atoms with Gasteiger partial charge in [-0.1, -0.05) is 78.0 Å². The van der Waals surface area contributed by atoms with E-state index in [0.717, 1.165) is 5.56 Å². The van der Waals surface area contributed by atoms with Crippen LogP contribution in [0.2, 0.25) is 36.3 Å². The smallest absolute Gasteiger partial charge is 0.330 e. The van der Waals surface area contributed by atoms with Crippen LogP contribution in [-0.4, -0.2) is 67.0 Å². The quantitative estimate of drug-likeness (QED) is 0.161. The number of methoxy groups -OCH3 is 1. The Morgan fingerprint density at radius 1 is 0.897 bits per heavy atom. The molecular formula is C30H52O7Si2. The summed E-state index contributed by atoms with van der Waals surface area (Å²) in [5.74, 6) is -0.454. The molecule has 1 aliphatic rings. The van der Waals surface area contributed by atoms with Gasteiger partial charge >= 0.3 is 5.97 Å². The van der Waals surface area contributed by atoms with E-state index in [1.807, 2.05) is 30.3 Å². The summed E-state index contributed by atoms with van der Waals surface area (Å²) >= 11 is 0. The number of carbonyl (C=O) groups is 1. The molecule has 0 N–H and O–H groups in total. The second-order valence-corrected chi connectivity index (χ2v) is 22.9. The molecule has 1 aromatic carbocycles. The van der Waals surface area contributed by atoms with Crippen LogP contribution in [-0.2, 0) is 39.2 Å². The van der Waals surface area contributed by atoms with Gasteiger partial charge in [0.15, 0.2) is 29.0 Å². The molecule has 222 valence electrons. The largest absolute Gasteiger partial charge is 0.454 e. The third kappa shape index (κ3) is 9.08. The van der Waals surface area contributed by atoms with E-state index in [1.165, 1.54) is 6.08 Å². The van der Waals surface area contributed by atoms with E-state index in [-0.39, 0.29) is 16.7 Å². The minimum Gasteiger partial charge on any atom is -0.454 e. The van der Waals surface area contributed by atoms with Crippen LogP contribution < -0.4 is 0 Å². The fraction of sp³-hybridized carbons (Fsp3) is 0.700. The van der Waals surface area contributed by atoms with Crippen LogP contribution in [0.5, 0.6) is 0 Å². The first-order valence-electron chi connectivity index (χ1n) is 13.9. The average Bonchev–Trinajstić information content (AvgIpc) is 2.81. The molecule has 0 aromatic heterocycles. The first-order valence-corrected chi connectivity index (χ1v) is 19.7. The van der Waals surface area contributed by atoms with Gasteiger partial charge in [-0.3, -0.25) is 0 Å². The molecule has 9 heteroatoms. The van der Waals surface area contributed by atoms with Crippen molar-refractivity contribution < 1.29 is 32.6 Å². The Bertz CT molecular complexity index is 935. The van der Waals surface area contributed by atoms with Gasteiger partial charge < -0.3 is 27.8 Å². The van der Waals surface area contributed by atoms with Crippen molar-refractivity contribution in [2.24, 2.45) is 0 Å². The molecule has 1 aromatic rings. The Labute approximate surface area is 238 Å². The van der Waals surface area contributed by atoms with E-state index in [1.54, 1.807) is 20.1 Å². The first kappa shape index (κ1) is 33.9. The SMILES string of the molecule is C/C=C/C(=O)O[C@H]1[C@H](O[Si](C)(C)C(C)(C)C)[C@@H](O[Si](C)(C)C(C)(C)C)[C@@H](OC)O[C@@H]1COCc1ccccc1. The molecule has 7 nitrogen and oxygen atoms in total. The Balaban J connectivity index is 2.52.